The van der Waals surface area contributed by atoms with Gasteiger partial charge in [0, 0.05) is 11.1 Å². The third-order valence-corrected chi connectivity index (χ3v) is 3.50. The van der Waals surface area contributed by atoms with Crippen molar-refractivity contribution in [3.63, 3.8) is 0 Å². The zero-order valence-corrected chi connectivity index (χ0v) is 11.4. The van der Waals surface area contributed by atoms with E-state index in [9.17, 15) is 9.50 Å². The summed E-state index contributed by atoms with van der Waals surface area (Å²) in [7, 11) is 0. The zero-order chi connectivity index (χ0) is 14.7. The Hall–Kier alpha value is -2.39. The summed E-state index contributed by atoms with van der Waals surface area (Å²) in [4.78, 5) is 0. The van der Waals surface area contributed by atoms with E-state index in [0.717, 1.165) is 16.3 Å². The van der Waals surface area contributed by atoms with Crippen molar-refractivity contribution in [1.29, 1.82) is 0 Å². The van der Waals surface area contributed by atoms with E-state index in [2.05, 4.69) is 0 Å². The van der Waals surface area contributed by atoms with Gasteiger partial charge in [0.15, 0.2) is 0 Å². The van der Waals surface area contributed by atoms with Crippen LogP contribution in [0.25, 0.3) is 10.8 Å². The molecule has 0 aliphatic carbocycles. The molecule has 0 saturated carbocycles. The van der Waals surface area contributed by atoms with Gasteiger partial charge in [0.2, 0.25) is 0 Å². The van der Waals surface area contributed by atoms with Crippen LogP contribution in [0.2, 0.25) is 0 Å². The lowest BCUT2D eigenvalue weighted by molar-refractivity contribution is 0.259. The van der Waals surface area contributed by atoms with Crippen molar-refractivity contribution in [3.8, 4) is 5.75 Å². The first-order chi connectivity index (χ1) is 10.3. The average Bonchev–Trinajstić information content (AvgIpc) is 2.53. The highest BCUT2D eigenvalue weighted by molar-refractivity contribution is 5.87. The fourth-order valence-electron chi connectivity index (χ4n) is 2.39. The van der Waals surface area contributed by atoms with Gasteiger partial charge in [-0.15, -0.1) is 0 Å². The molecule has 3 aromatic rings. The molecule has 0 aliphatic rings. The molecule has 0 radical (unpaired) electrons. The fraction of sp³-hybridized carbons (Fsp3) is 0.111. The van der Waals surface area contributed by atoms with Crippen LogP contribution in [-0.2, 0) is 13.2 Å². The van der Waals surface area contributed by atoms with E-state index in [4.69, 9.17) is 4.74 Å². The second-order valence-corrected chi connectivity index (χ2v) is 4.80. The minimum Gasteiger partial charge on any atom is -0.488 e. The van der Waals surface area contributed by atoms with Crippen LogP contribution in [0.15, 0.2) is 60.7 Å². The monoisotopic (exact) mass is 282 g/mol. The Balaban J connectivity index is 1.92. The van der Waals surface area contributed by atoms with E-state index in [0.29, 0.717) is 11.3 Å². The normalized spacial score (nSPS) is 10.8. The van der Waals surface area contributed by atoms with Crippen molar-refractivity contribution in [2.75, 3.05) is 0 Å². The Bertz CT molecular complexity index is 768. The highest BCUT2D eigenvalue weighted by Gasteiger charge is 2.09. The topological polar surface area (TPSA) is 29.5 Å². The van der Waals surface area contributed by atoms with Crippen LogP contribution in [0.3, 0.4) is 0 Å². The van der Waals surface area contributed by atoms with Crippen molar-refractivity contribution in [3.05, 3.63) is 77.6 Å². The fourth-order valence-corrected chi connectivity index (χ4v) is 2.39. The van der Waals surface area contributed by atoms with Crippen LogP contribution in [0.4, 0.5) is 4.39 Å². The van der Waals surface area contributed by atoms with Crippen LogP contribution in [0, 0.1) is 5.82 Å². The van der Waals surface area contributed by atoms with Crippen molar-refractivity contribution in [2.24, 2.45) is 0 Å². The largest absolute Gasteiger partial charge is 0.488 e. The number of hydrogen-bond acceptors (Lipinski definition) is 2. The number of fused-ring (bicyclic) bond motifs is 1. The SMILES string of the molecule is OCc1c(OCc2ccccc2F)ccc2ccccc12. The van der Waals surface area contributed by atoms with E-state index in [-0.39, 0.29) is 19.0 Å². The molecule has 3 rings (SSSR count). The molecule has 3 aromatic carbocycles. The van der Waals surface area contributed by atoms with Crippen molar-refractivity contribution in [2.45, 2.75) is 13.2 Å². The Labute approximate surface area is 122 Å². The molecule has 0 fully saturated rings. The summed E-state index contributed by atoms with van der Waals surface area (Å²) in [5, 5.41) is 11.6. The van der Waals surface area contributed by atoms with Gasteiger partial charge in [-0.05, 0) is 22.9 Å². The van der Waals surface area contributed by atoms with Gasteiger partial charge in [0.05, 0.1) is 6.61 Å². The minimum absolute atomic E-state index is 0.117. The Morgan fingerprint density at radius 3 is 2.48 bits per heavy atom. The lowest BCUT2D eigenvalue weighted by Crippen LogP contribution is -2.01. The van der Waals surface area contributed by atoms with Gasteiger partial charge in [-0.25, -0.2) is 4.39 Å². The van der Waals surface area contributed by atoms with Crippen molar-refractivity contribution in [1.82, 2.24) is 0 Å². The molecule has 0 aromatic heterocycles. The van der Waals surface area contributed by atoms with E-state index in [1.807, 2.05) is 36.4 Å². The van der Waals surface area contributed by atoms with E-state index < -0.39 is 0 Å². The van der Waals surface area contributed by atoms with Gasteiger partial charge in [-0.1, -0.05) is 48.5 Å². The van der Waals surface area contributed by atoms with E-state index in [1.54, 1.807) is 18.2 Å². The van der Waals surface area contributed by atoms with Crippen LogP contribution in [0.1, 0.15) is 11.1 Å². The number of aliphatic hydroxyl groups excluding tert-OH is 1. The molecule has 21 heavy (non-hydrogen) atoms. The molecule has 3 heteroatoms. The number of halogens is 1. The lowest BCUT2D eigenvalue weighted by atomic mass is 10.0. The third-order valence-electron chi connectivity index (χ3n) is 3.50. The smallest absolute Gasteiger partial charge is 0.129 e. The molecule has 0 unspecified atom stereocenters. The standard InChI is InChI=1S/C18H15FO2/c19-17-8-4-2-6-14(17)12-21-18-10-9-13-5-1-3-7-15(13)16(18)11-20/h1-10,20H,11-12H2. The number of ether oxygens (including phenoxy) is 1. The van der Waals surface area contributed by atoms with Crippen LogP contribution >= 0.6 is 0 Å². The van der Waals surface area contributed by atoms with E-state index >= 15 is 0 Å². The molecular weight excluding hydrogens is 267 g/mol. The second kappa shape index (κ2) is 5.94. The first-order valence-corrected chi connectivity index (χ1v) is 6.77. The zero-order valence-electron chi connectivity index (χ0n) is 11.4. The van der Waals surface area contributed by atoms with Gasteiger partial charge >= 0.3 is 0 Å². The summed E-state index contributed by atoms with van der Waals surface area (Å²) in [5.74, 6) is 0.295. The van der Waals surface area contributed by atoms with Crippen molar-refractivity contribution < 1.29 is 14.2 Å². The third kappa shape index (κ3) is 2.73. The maximum atomic E-state index is 13.6. The summed E-state index contributed by atoms with van der Waals surface area (Å²) in [6.07, 6.45) is 0. The molecule has 0 atom stereocenters. The summed E-state index contributed by atoms with van der Waals surface area (Å²) in [5.41, 5.74) is 1.22. The first-order valence-electron chi connectivity index (χ1n) is 6.77. The Morgan fingerprint density at radius 1 is 0.905 bits per heavy atom. The highest BCUT2D eigenvalue weighted by atomic mass is 19.1. The predicted molar refractivity (Wildman–Crippen MR) is 80.6 cm³/mol. The number of aliphatic hydroxyl groups is 1. The number of rotatable bonds is 4. The van der Waals surface area contributed by atoms with Gasteiger partial charge in [0.1, 0.15) is 18.2 Å². The maximum absolute atomic E-state index is 13.6. The minimum atomic E-state index is -0.288. The van der Waals surface area contributed by atoms with Gasteiger partial charge in [0.25, 0.3) is 0 Å². The number of benzene rings is 3. The van der Waals surface area contributed by atoms with Crippen LogP contribution < -0.4 is 4.74 Å². The summed E-state index contributed by atoms with van der Waals surface area (Å²) in [6, 6.07) is 18.1. The molecule has 0 amide bonds. The molecule has 0 bridgehead atoms. The van der Waals surface area contributed by atoms with Gasteiger partial charge in [-0.2, -0.15) is 0 Å². The molecule has 1 N–H and O–H groups in total. The first kappa shape index (κ1) is 13.6. The molecule has 0 heterocycles. The molecular formula is C18H15FO2. The lowest BCUT2D eigenvalue weighted by Gasteiger charge is -2.13. The van der Waals surface area contributed by atoms with Crippen LogP contribution in [0.5, 0.6) is 5.75 Å². The maximum Gasteiger partial charge on any atom is 0.129 e. The van der Waals surface area contributed by atoms with Gasteiger partial charge in [-0.3, -0.25) is 0 Å². The molecule has 0 saturated heterocycles. The molecule has 0 aliphatic heterocycles. The summed E-state index contributed by atoms with van der Waals surface area (Å²) in [6.45, 7) is 0.0198. The second-order valence-electron chi connectivity index (χ2n) is 4.80. The van der Waals surface area contributed by atoms with Crippen LogP contribution in [-0.4, -0.2) is 5.11 Å². The summed E-state index contributed by atoms with van der Waals surface area (Å²) < 4.78 is 19.3. The predicted octanol–water partition coefficient (Wildman–Crippen LogP) is 4.05. The average molecular weight is 282 g/mol. The Morgan fingerprint density at radius 2 is 1.67 bits per heavy atom. The quantitative estimate of drug-likeness (QED) is 0.782. The summed E-state index contributed by atoms with van der Waals surface area (Å²) >= 11 is 0. The molecule has 2 nitrogen and oxygen atoms in total. The molecule has 0 spiro atoms. The highest BCUT2D eigenvalue weighted by Crippen LogP contribution is 2.28. The molecule has 106 valence electrons. The Kier molecular flexibility index (Phi) is 3.84. The van der Waals surface area contributed by atoms with E-state index in [1.165, 1.54) is 6.07 Å². The van der Waals surface area contributed by atoms with Gasteiger partial charge < -0.3 is 9.84 Å². The number of hydrogen-bond donors (Lipinski definition) is 1. The van der Waals surface area contributed by atoms with Crippen molar-refractivity contribution >= 4 is 10.8 Å².